The van der Waals surface area contributed by atoms with E-state index in [9.17, 15) is 32.3 Å². The normalized spacial score (nSPS) is 11.0. The minimum Gasteiger partial charge on any atom is -0.465 e. The molecule has 0 unspecified atom stereocenters. The van der Waals surface area contributed by atoms with Gasteiger partial charge in [0.1, 0.15) is 5.75 Å². The van der Waals surface area contributed by atoms with Crippen LogP contribution in [0.5, 0.6) is 5.75 Å². The van der Waals surface area contributed by atoms with Crippen molar-refractivity contribution in [3.63, 3.8) is 0 Å². The summed E-state index contributed by atoms with van der Waals surface area (Å²) in [5, 5.41) is 2.75. The molecule has 238 valence electrons. The molecule has 0 radical (unpaired) electrons. The molecule has 0 aliphatic rings. The lowest BCUT2D eigenvalue weighted by atomic mass is 10.0. The third-order valence-electron chi connectivity index (χ3n) is 6.86. The topological polar surface area (TPSA) is 115 Å². The van der Waals surface area contributed by atoms with Crippen molar-refractivity contribution < 1.29 is 41.8 Å². The van der Waals surface area contributed by atoms with Gasteiger partial charge in [-0.25, -0.2) is 4.79 Å². The number of halogens is 3. The predicted molar refractivity (Wildman–Crippen MR) is 163 cm³/mol. The summed E-state index contributed by atoms with van der Waals surface area (Å²) in [6.45, 7) is 0. The van der Waals surface area contributed by atoms with E-state index in [2.05, 4.69) is 15.0 Å². The zero-order valence-corrected chi connectivity index (χ0v) is 25.2. The number of benzene rings is 3. The van der Waals surface area contributed by atoms with Gasteiger partial charge >= 0.3 is 18.1 Å². The van der Waals surface area contributed by atoms with Gasteiger partial charge in [0.25, 0.3) is 11.8 Å². The average molecular weight is 634 g/mol. The van der Waals surface area contributed by atoms with E-state index < -0.39 is 29.6 Å². The van der Waals surface area contributed by atoms with Gasteiger partial charge in [-0.2, -0.15) is 13.2 Å². The SMILES string of the molecule is COC(=O)c1ccc(OC(=O)CCCc2ccc(NC(=O)c3ccccc3-c3ccc(C(F)(F)F)cn3)c(C(=O)N(C)C)c2)cc1. The molecule has 0 aliphatic carbocycles. The fourth-order valence-electron chi connectivity index (χ4n) is 4.48. The molecule has 12 heteroatoms. The Morgan fingerprint density at radius 1 is 0.891 bits per heavy atom. The van der Waals surface area contributed by atoms with Crippen molar-refractivity contribution >= 4 is 29.4 Å². The van der Waals surface area contributed by atoms with E-state index in [4.69, 9.17) is 4.74 Å². The van der Waals surface area contributed by atoms with Crippen molar-refractivity contribution in [3.8, 4) is 17.0 Å². The molecule has 9 nitrogen and oxygen atoms in total. The lowest BCUT2D eigenvalue weighted by Crippen LogP contribution is -2.24. The molecule has 0 fully saturated rings. The number of aryl methyl sites for hydroxylation is 1. The number of rotatable bonds is 10. The molecule has 0 bridgehead atoms. The van der Waals surface area contributed by atoms with E-state index in [1.54, 1.807) is 50.5 Å². The second-order valence-corrected chi connectivity index (χ2v) is 10.4. The fraction of sp³-hybridized carbons (Fsp3) is 0.206. The summed E-state index contributed by atoms with van der Waals surface area (Å²) in [5.74, 6) is -1.64. The van der Waals surface area contributed by atoms with Gasteiger partial charge in [-0.05, 0) is 73.0 Å². The highest BCUT2D eigenvalue weighted by Crippen LogP contribution is 2.31. The van der Waals surface area contributed by atoms with Crippen molar-refractivity contribution in [2.45, 2.75) is 25.4 Å². The van der Waals surface area contributed by atoms with E-state index in [0.29, 0.717) is 30.2 Å². The molecule has 0 saturated heterocycles. The maximum Gasteiger partial charge on any atom is 0.417 e. The molecule has 0 saturated carbocycles. The van der Waals surface area contributed by atoms with Crippen LogP contribution < -0.4 is 10.1 Å². The number of carbonyl (C=O) groups is 4. The van der Waals surface area contributed by atoms with Crippen molar-refractivity contribution in [3.05, 3.63) is 113 Å². The van der Waals surface area contributed by atoms with Crippen LogP contribution in [0.2, 0.25) is 0 Å². The Kier molecular flexibility index (Phi) is 10.5. The molecule has 1 N–H and O–H groups in total. The molecule has 46 heavy (non-hydrogen) atoms. The summed E-state index contributed by atoms with van der Waals surface area (Å²) < 4.78 is 49.0. The minimum absolute atomic E-state index is 0.0863. The van der Waals surface area contributed by atoms with Crippen molar-refractivity contribution in [2.24, 2.45) is 0 Å². The largest absolute Gasteiger partial charge is 0.465 e. The number of nitrogens with one attached hydrogen (secondary N) is 1. The first-order chi connectivity index (χ1) is 21.9. The third kappa shape index (κ3) is 8.35. The molecule has 3 aromatic carbocycles. The van der Waals surface area contributed by atoms with Gasteiger partial charge in [-0.15, -0.1) is 0 Å². The summed E-state index contributed by atoms with van der Waals surface area (Å²) in [6, 6.07) is 19.3. The van der Waals surface area contributed by atoms with E-state index in [1.165, 1.54) is 48.4 Å². The van der Waals surface area contributed by atoms with Gasteiger partial charge in [-0.3, -0.25) is 19.4 Å². The number of hydrogen-bond acceptors (Lipinski definition) is 7. The Labute approximate surface area is 263 Å². The van der Waals surface area contributed by atoms with Gasteiger partial charge in [0.05, 0.1) is 35.2 Å². The van der Waals surface area contributed by atoms with Gasteiger partial charge in [-0.1, -0.05) is 24.3 Å². The summed E-state index contributed by atoms with van der Waals surface area (Å²) in [7, 11) is 4.41. The molecule has 0 spiro atoms. The van der Waals surface area contributed by atoms with Crippen molar-refractivity contribution in [2.75, 3.05) is 26.5 Å². The number of esters is 2. The van der Waals surface area contributed by atoms with Crippen LogP contribution in [0.15, 0.2) is 85.1 Å². The monoisotopic (exact) mass is 633 g/mol. The molecular formula is C34H30F3N3O6. The van der Waals surface area contributed by atoms with Crippen molar-refractivity contribution in [1.82, 2.24) is 9.88 Å². The summed E-state index contributed by atoms with van der Waals surface area (Å²) in [4.78, 5) is 55.7. The summed E-state index contributed by atoms with van der Waals surface area (Å²) >= 11 is 0. The number of alkyl halides is 3. The number of hydrogen-bond donors (Lipinski definition) is 1. The highest BCUT2D eigenvalue weighted by atomic mass is 19.4. The second kappa shape index (κ2) is 14.5. The highest BCUT2D eigenvalue weighted by Gasteiger charge is 2.31. The van der Waals surface area contributed by atoms with Gasteiger partial charge in [0.15, 0.2) is 0 Å². The van der Waals surface area contributed by atoms with Crippen LogP contribution in [-0.4, -0.2) is 54.8 Å². The molecule has 0 atom stereocenters. The Balaban J connectivity index is 1.46. The predicted octanol–water partition coefficient (Wildman–Crippen LogP) is 6.44. The first kappa shape index (κ1) is 33.4. The van der Waals surface area contributed by atoms with Crippen LogP contribution >= 0.6 is 0 Å². The lowest BCUT2D eigenvalue weighted by molar-refractivity contribution is -0.138. The molecular weight excluding hydrogens is 603 g/mol. The maximum absolute atomic E-state index is 13.4. The minimum atomic E-state index is -4.55. The Hall–Kier alpha value is -5.52. The molecule has 0 aliphatic heterocycles. The fourth-order valence-corrected chi connectivity index (χ4v) is 4.48. The van der Waals surface area contributed by atoms with E-state index in [0.717, 1.165) is 11.6 Å². The number of aromatic nitrogens is 1. The summed E-state index contributed by atoms with van der Waals surface area (Å²) in [5.41, 5.74) is 1.26. The number of amides is 2. The second-order valence-electron chi connectivity index (χ2n) is 10.4. The first-order valence-corrected chi connectivity index (χ1v) is 14.0. The van der Waals surface area contributed by atoms with Crippen LogP contribution in [0.4, 0.5) is 18.9 Å². The van der Waals surface area contributed by atoms with E-state index in [1.807, 2.05) is 0 Å². The van der Waals surface area contributed by atoms with E-state index in [-0.39, 0.29) is 40.6 Å². The number of pyridine rings is 1. The zero-order valence-electron chi connectivity index (χ0n) is 25.2. The van der Waals surface area contributed by atoms with Crippen LogP contribution in [0.1, 0.15) is 55.0 Å². The molecule has 1 aromatic heterocycles. The molecule has 1 heterocycles. The van der Waals surface area contributed by atoms with Gasteiger partial charge < -0.3 is 19.7 Å². The molecule has 4 rings (SSSR count). The Bertz CT molecular complexity index is 1740. The smallest absolute Gasteiger partial charge is 0.417 e. The standard InChI is InChI=1S/C34H30F3N3O6/c1-40(2)32(43)27-19-21(7-6-10-30(41)46-24-15-12-22(13-16-24)33(44)45-3)11-17-29(27)39-31(42)26-9-5-4-8-25(26)28-18-14-23(20-38-28)34(35,36)37/h4-5,8-9,11-20H,6-7,10H2,1-3H3,(H,39,42). The van der Waals surface area contributed by atoms with E-state index >= 15 is 0 Å². The number of anilines is 1. The van der Waals surface area contributed by atoms with Crippen LogP contribution in [0, 0.1) is 0 Å². The zero-order chi connectivity index (χ0) is 33.4. The number of carbonyl (C=O) groups excluding carboxylic acids is 4. The van der Waals surface area contributed by atoms with Crippen LogP contribution in [-0.2, 0) is 22.1 Å². The van der Waals surface area contributed by atoms with Gasteiger partial charge in [0, 0.05) is 37.8 Å². The number of methoxy groups -OCH3 is 1. The van der Waals surface area contributed by atoms with Crippen molar-refractivity contribution in [1.29, 1.82) is 0 Å². The highest BCUT2D eigenvalue weighted by molar-refractivity contribution is 6.11. The average Bonchev–Trinajstić information content (AvgIpc) is 3.04. The lowest BCUT2D eigenvalue weighted by Gasteiger charge is -2.17. The third-order valence-corrected chi connectivity index (χ3v) is 6.86. The number of nitrogens with zero attached hydrogens (tertiary/aromatic N) is 2. The molecule has 2 amide bonds. The summed E-state index contributed by atoms with van der Waals surface area (Å²) in [6.07, 6.45) is -2.91. The maximum atomic E-state index is 13.4. The number of ether oxygens (including phenoxy) is 2. The Morgan fingerprint density at radius 2 is 1.61 bits per heavy atom. The van der Waals surface area contributed by atoms with Crippen LogP contribution in [0.25, 0.3) is 11.3 Å². The molecule has 4 aromatic rings. The van der Waals surface area contributed by atoms with Crippen LogP contribution in [0.3, 0.4) is 0 Å². The van der Waals surface area contributed by atoms with Gasteiger partial charge in [0.2, 0.25) is 0 Å². The quantitative estimate of drug-likeness (QED) is 0.158. The Morgan fingerprint density at radius 3 is 2.24 bits per heavy atom. The first-order valence-electron chi connectivity index (χ1n) is 14.0.